The minimum absolute atomic E-state index is 0.123. The fourth-order valence-corrected chi connectivity index (χ4v) is 2.42. The summed E-state index contributed by atoms with van der Waals surface area (Å²) in [6.07, 6.45) is 0. The van der Waals surface area contributed by atoms with Crippen molar-refractivity contribution in [1.82, 2.24) is 0 Å². The zero-order valence-electron chi connectivity index (χ0n) is 11.9. The Labute approximate surface area is 132 Å². The summed E-state index contributed by atoms with van der Waals surface area (Å²) in [5, 5.41) is 5.95. The number of methoxy groups -OCH3 is 1. The lowest BCUT2D eigenvalue weighted by atomic mass is 10.2. The van der Waals surface area contributed by atoms with Crippen LogP contribution < -0.4 is 15.4 Å². The summed E-state index contributed by atoms with van der Waals surface area (Å²) in [4.78, 5) is 12.0. The molecule has 0 heterocycles. The quantitative estimate of drug-likeness (QED) is 0.863. The molecule has 5 heteroatoms. The van der Waals surface area contributed by atoms with Crippen LogP contribution in [-0.2, 0) is 4.79 Å². The van der Waals surface area contributed by atoms with Crippen molar-refractivity contribution in [2.24, 2.45) is 0 Å². The molecule has 0 aliphatic heterocycles. The summed E-state index contributed by atoms with van der Waals surface area (Å²) in [6, 6.07) is 13.2. The van der Waals surface area contributed by atoms with E-state index in [0.717, 1.165) is 15.7 Å². The molecule has 0 spiro atoms. The molecule has 0 aliphatic carbocycles. The minimum atomic E-state index is -0.123. The van der Waals surface area contributed by atoms with E-state index < -0.39 is 0 Å². The van der Waals surface area contributed by atoms with Gasteiger partial charge in [0, 0.05) is 10.2 Å². The third-order valence-corrected chi connectivity index (χ3v) is 3.50. The maximum Gasteiger partial charge on any atom is 0.243 e. The number of benzene rings is 2. The highest BCUT2D eigenvalue weighted by Crippen LogP contribution is 2.23. The van der Waals surface area contributed by atoms with Crippen LogP contribution in [0.3, 0.4) is 0 Å². The van der Waals surface area contributed by atoms with Crippen molar-refractivity contribution >= 4 is 33.2 Å². The first-order valence-corrected chi connectivity index (χ1v) is 7.32. The predicted molar refractivity (Wildman–Crippen MR) is 89.0 cm³/mol. The standard InChI is InChI=1S/C16H17BrN2O2/c1-11-9-12(17)7-8-13(11)18-10-16(20)19-14-5-3-4-6-15(14)21-2/h3-9,18H,10H2,1-2H3,(H,19,20). The van der Waals surface area contributed by atoms with Gasteiger partial charge >= 0.3 is 0 Å². The first kappa shape index (κ1) is 15.4. The van der Waals surface area contributed by atoms with Gasteiger partial charge in [-0.3, -0.25) is 4.79 Å². The Hall–Kier alpha value is -2.01. The Balaban J connectivity index is 1.96. The molecule has 0 aliphatic rings. The highest BCUT2D eigenvalue weighted by Gasteiger charge is 2.07. The van der Waals surface area contributed by atoms with Crippen LogP contribution >= 0.6 is 15.9 Å². The van der Waals surface area contributed by atoms with E-state index in [0.29, 0.717) is 11.4 Å². The summed E-state index contributed by atoms with van der Waals surface area (Å²) in [7, 11) is 1.58. The average Bonchev–Trinajstić information content (AvgIpc) is 2.47. The molecule has 110 valence electrons. The third kappa shape index (κ3) is 4.23. The van der Waals surface area contributed by atoms with E-state index in [2.05, 4.69) is 26.6 Å². The number of halogens is 1. The Morgan fingerprint density at radius 1 is 1.19 bits per heavy atom. The second-order valence-corrected chi connectivity index (χ2v) is 5.48. The van der Waals surface area contributed by atoms with Crippen molar-refractivity contribution in [2.75, 3.05) is 24.3 Å². The van der Waals surface area contributed by atoms with E-state index in [9.17, 15) is 4.79 Å². The van der Waals surface area contributed by atoms with Gasteiger partial charge in [-0.05, 0) is 42.8 Å². The average molecular weight is 349 g/mol. The van der Waals surface area contributed by atoms with Crippen LogP contribution in [0.5, 0.6) is 5.75 Å². The normalized spacial score (nSPS) is 10.0. The van der Waals surface area contributed by atoms with Crippen molar-refractivity contribution in [2.45, 2.75) is 6.92 Å². The molecule has 0 unspecified atom stereocenters. The number of hydrogen-bond donors (Lipinski definition) is 2. The SMILES string of the molecule is COc1ccccc1NC(=O)CNc1ccc(Br)cc1C. The van der Waals surface area contributed by atoms with Crippen molar-refractivity contribution in [3.8, 4) is 5.75 Å². The van der Waals surface area contributed by atoms with Gasteiger partial charge in [0.25, 0.3) is 0 Å². The van der Waals surface area contributed by atoms with E-state index in [1.165, 1.54) is 0 Å². The van der Waals surface area contributed by atoms with E-state index >= 15 is 0 Å². The fourth-order valence-electron chi connectivity index (χ4n) is 1.94. The van der Waals surface area contributed by atoms with Gasteiger partial charge in [-0.2, -0.15) is 0 Å². The number of carbonyl (C=O) groups is 1. The summed E-state index contributed by atoms with van der Waals surface area (Å²) in [5.41, 5.74) is 2.68. The second-order valence-electron chi connectivity index (χ2n) is 4.56. The van der Waals surface area contributed by atoms with Crippen molar-refractivity contribution in [1.29, 1.82) is 0 Å². The second kappa shape index (κ2) is 7.13. The summed E-state index contributed by atoms with van der Waals surface area (Å²) in [6.45, 7) is 2.19. The van der Waals surface area contributed by atoms with Gasteiger partial charge in [-0.15, -0.1) is 0 Å². The Bertz CT molecular complexity index is 644. The van der Waals surface area contributed by atoms with Gasteiger partial charge in [0.15, 0.2) is 0 Å². The molecule has 2 N–H and O–H groups in total. The number of ether oxygens (including phenoxy) is 1. The lowest BCUT2D eigenvalue weighted by Crippen LogP contribution is -2.22. The molecule has 2 rings (SSSR count). The third-order valence-electron chi connectivity index (χ3n) is 3.01. The van der Waals surface area contributed by atoms with E-state index in [4.69, 9.17) is 4.74 Å². The number of nitrogens with one attached hydrogen (secondary N) is 2. The molecule has 0 saturated carbocycles. The maximum absolute atomic E-state index is 12.0. The molecule has 2 aromatic carbocycles. The van der Waals surface area contributed by atoms with E-state index in [1.807, 2.05) is 49.4 Å². The smallest absolute Gasteiger partial charge is 0.243 e. The molecule has 0 atom stereocenters. The van der Waals surface area contributed by atoms with Crippen LogP contribution in [0, 0.1) is 6.92 Å². The van der Waals surface area contributed by atoms with E-state index in [-0.39, 0.29) is 12.5 Å². The van der Waals surface area contributed by atoms with Gasteiger partial charge < -0.3 is 15.4 Å². The van der Waals surface area contributed by atoms with Gasteiger partial charge in [-0.1, -0.05) is 28.1 Å². The van der Waals surface area contributed by atoms with E-state index in [1.54, 1.807) is 7.11 Å². The van der Waals surface area contributed by atoms with Crippen molar-refractivity contribution < 1.29 is 9.53 Å². The predicted octanol–water partition coefficient (Wildman–Crippen LogP) is 3.82. The molecule has 2 aromatic rings. The van der Waals surface area contributed by atoms with Gasteiger partial charge in [0.2, 0.25) is 5.91 Å². The highest BCUT2D eigenvalue weighted by molar-refractivity contribution is 9.10. The van der Waals surface area contributed by atoms with Crippen LogP contribution in [0.2, 0.25) is 0 Å². The summed E-state index contributed by atoms with van der Waals surface area (Å²) >= 11 is 3.42. The molecule has 0 aromatic heterocycles. The Morgan fingerprint density at radius 3 is 2.67 bits per heavy atom. The molecule has 0 radical (unpaired) electrons. The molecule has 0 saturated heterocycles. The highest BCUT2D eigenvalue weighted by atomic mass is 79.9. The first-order chi connectivity index (χ1) is 10.1. The number of carbonyl (C=O) groups excluding carboxylic acids is 1. The lowest BCUT2D eigenvalue weighted by Gasteiger charge is -2.12. The largest absolute Gasteiger partial charge is 0.495 e. The van der Waals surface area contributed by atoms with Crippen molar-refractivity contribution in [3.63, 3.8) is 0 Å². The Morgan fingerprint density at radius 2 is 1.95 bits per heavy atom. The number of para-hydroxylation sites is 2. The molecule has 0 fully saturated rings. The van der Waals surface area contributed by atoms with Crippen molar-refractivity contribution in [3.05, 3.63) is 52.5 Å². The minimum Gasteiger partial charge on any atom is -0.495 e. The van der Waals surface area contributed by atoms with Crippen LogP contribution in [0.25, 0.3) is 0 Å². The number of hydrogen-bond acceptors (Lipinski definition) is 3. The van der Waals surface area contributed by atoms with Gasteiger partial charge in [0.05, 0.1) is 19.3 Å². The molecule has 4 nitrogen and oxygen atoms in total. The van der Waals surface area contributed by atoms with Gasteiger partial charge in [-0.25, -0.2) is 0 Å². The summed E-state index contributed by atoms with van der Waals surface area (Å²) in [5.74, 6) is 0.521. The van der Waals surface area contributed by atoms with Gasteiger partial charge in [0.1, 0.15) is 5.75 Å². The number of aryl methyl sites for hydroxylation is 1. The molecule has 21 heavy (non-hydrogen) atoms. The van der Waals surface area contributed by atoms with Crippen LogP contribution in [0.15, 0.2) is 46.9 Å². The van der Waals surface area contributed by atoms with Crippen LogP contribution in [-0.4, -0.2) is 19.6 Å². The fraction of sp³-hybridized carbons (Fsp3) is 0.188. The molecule has 1 amide bonds. The van der Waals surface area contributed by atoms with Crippen LogP contribution in [0.1, 0.15) is 5.56 Å². The molecule has 0 bridgehead atoms. The zero-order valence-corrected chi connectivity index (χ0v) is 13.5. The van der Waals surface area contributed by atoms with Crippen LogP contribution in [0.4, 0.5) is 11.4 Å². The Kier molecular flexibility index (Phi) is 5.22. The number of anilines is 2. The number of rotatable bonds is 5. The topological polar surface area (TPSA) is 50.4 Å². The maximum atomic E-state index is 12.0. The molecular formula is C16H17BrN2O2. The lowest BCUT2D eigenvalue weighted by molar-refractivity contribution is -0.114. The zero-order chi connectivity index (χ0) is 15.2. The number of amides is 1. The monoisotopic (exact) mass is 348 g/mol. The first-order valence-electron chi connectivity index (χ1n) is 6.53. The summed E-state index contributed by atoms with van der Waals surface area (Å²) < 4.78 is 6.22. The molecular weight excluding hydrogens is 332 g/mol.